The number of benzene rings is 2. The van der Waals surface area contributed by atoms with Crippen LogP contribution in [0, 0.1) is 0 Å². The van der Waals surface area contributed by atoms with E-state index in [1.807, 2.05) is 53.4 Å². The zero-order chi connectivity index (χ0) is 21.5. The van der Waals surface area contributed by atoms with Gasteiger partial charge in [0, 0.05) is 37.4 Å². The number of amides is 2. The molecule has 1 N–H and O–H groups in total. The molecule has 1 saturated heterocycles. The van der Waals surface area contributed by atoms with E-state index in [9.17, 15) is 9.59 Å². The van der Waals surface area contributed by atoms with Gasteiger partial charge in [-0.15, -0.1) is 11.8 Å². The third kappa shape index (κ3) is 5.98. The molecule has 0 atom stereocenters. The molecule has 31 heavy (non-hydrogen) atoms. The first-order valence-electron chi connectivity index (χ1n) is 10.4. The number of oxazole rings is 1. The summed E-state index contributed by atoms with van der Waals surface area (Å²) in [7, 11) is 0. The van der Waals surface area contributed by atoms with Gasteiger partial charge in [0.25, 0.3) is 0 Å². The zero-order valence-corrected chi connectivity index (χ0v) is 18.1. The standard InChI is InChI=1S/C24H25N3O3S/c28-22(17-31-16-21-15-30-24(26-21)20-8-2-1-3-9-20)25-13-18-6-4-7-19(12-18)14-27-11-5-10-23(27)29/h1-4,6-9,12,15H,5,10-11,13-14,16-17H2,(H,25,28). The van der Waals surface area contributed by atoms with E-state index in [4.69, 9.17) is 4.42 Å². The second-order valence-electron chi connectivity index (χ2n) is 7.52. The average Bonchev–Trinajstić information content (AvgIpc) is 3.43. The van der Waals surface area contributed by atoms with Crippen LogP contribution in [0.25, 0.3) is 11.5 Å². The fourth-order valence-electron chi connectivity index (χ4n) is 3.52. The van der Waals surface area contributed by atoms with E-state index in [0.717, 1.165) is 35.3 Å². The van der Waals surface area contributed by atoms with Crippen LogP contribution in [0.3, 0.4) is 0 Å². The van der Waals surface area contributed by atoms with Crippen LogP contribution in [0.2, 0.25) is 0 Å². The number of thioether (sulfide) groups is 1. The monoisotopic (exact) mass is 435 g/mol. The Bertz CT molecular complexity index is 1040. The van der Waals surface area contributed by atoms with Crippen LogP contribution in [0.1, 0.15) is 29.7 Å². The largest absolute Gasteiger partial charge is 0.444 e. The summed E-state index contributed by atoms with van der Waals surface area (Å²) in [5, 5.41) is 2.96. The van der Waals surface area contributed by atoms with E-state index in [1.54, 1.807) is 6.26 Å². The maximum absolute atomic E-state index is 12.2. The number of hydrogen-bond acceptors (Lipinski definition) is 5. The van der Waals surface area contributed by atoms with Gasteiger partial charge in [-0.25, -0.2) is 4.98 Å². The third-order valence-electron chi connectivity index (χ3n) is 5.08. The third-order valence-corrected chi connectivity index (χ3v) is 6.05. The van der Waals surface area contributed by atoms with Crippen molar-refractivity contribution in [3.8, 4) is 11.5 Å². The summed E-state index contributed by atoms with van der Waals surface area (Å²) in [5.74, 6) is 1.77. The summed E-state index contributed by atoms with van der Waals surface area (Å²) in [6.07, 6.45) is 3.23. The number of rotatable bonds is 9. The first-order valence-corrected chi connectivity index (χ1v) is 11.5. The van der Waals surface area contributed by atoms with Crippen molar-refractivity contribution in [3.63, 3.8) is 0 Å². The molecule has 160 valence electrons. The van der Waals surface area contributed by atoms with E-state index in [-0.39, 0.29) is 11.8 Å². The Labute approximate surface area is 186 Å². The molecule has 0 aliphatic carbocycles. The molecule has 1 aliphatic rings. The molecule has 1 fully saturated rings. The number of carbonyl (C=O) groups is 2. The Morgan fingerprint density at radius 1 is 1.13 bits per heavy atom. The Morgan fingerprint density at radius 2 is 1.97 bits per heavy atom. The van der Waals surface area contributed by atoms with Crippen LogP contribution >= 0.6 is 11.8 Å². The van der Waals surface area contributed by atoms with Gasteiger partial charge in [-0.1, -0.05) is 42.5 Å². The number of likely N-dealkylation sites (tertiary alicyclic amines) is 1. The normalized spacial score (nSPS) is 13.5. The maximum Gasteiger partial charge on any atom is 0.230 e. The number of nitrogens with zero attached hydrogens (tertiary/aromatic N) is 2. The molecule has 3 aromatic rings. The fraction of sp³-hybridized carbons (Fsp3) is 0.292. The van der Waals surface area contributed by atoms with Crippen LogP contribution in [0.5, 0.6) is 0 Å². The Hall–Kier alpha value is -3.06. The Kier molecular flexibility index (Phi) is 7.04. The molecule has 1 aliphatic heterocycles. The predicted molar refractivity (Wildman–Crippen MR) is 121 cm³/mol. The Balaban J connectivity index is 1.20. The molecule has 0 bridgehead atoms. The van der Waals surface area contributed by atoms with E-state index in [0.29, 0.717) is 36.9 Å². The summed E-state index contributed by atoms with van der Waals surface area (Å²) >= 11 is 1.50. The minimum absolute atomic E-state index is 0.0168. The quantitative estimate of drug-likeness (QED) is 0.550. The summed E-state index contributed by atoms with van der Waals surface area (Å²) < 4.78 is 5.53. The average molecular weight is 436 g/mol. The molecule has 4 rings (SSSR count). The SMILES string of the molecule is O=C(CSCc1coc(-c2ccccc2)n1)NCc1cccc(CN2CCCC2=O)c1. The molecule has 6 nitrogen and oxygen atoms in total. The topological polar surface area (TPSA) is 75.4 Å². The second-order valence-corrected chi connectivity index (χ2v) is 8.50. The summed E-state index contributed by atoms with van der Waals surface area (Å²) in [5.41, 5.74) is 3.89. The van der Waals surface area contributed by atoms with Gasteiger partial charge in [0.15, 0.2) is 0 Å². The van der Waals surface area contributed by atoms with E-state index < -0.39 is 0 Å². The predicted octanol–water partition coefficient (Wildman–Crippen LogP) is 4.01. The zero-order valence-electron chi connectivity index (χ0n) is 17.3. The number of hydrogen-bond donors (Lipinski definition) is 1. The van der Waals surface area contributed by atoms with Gasteiger partial charge in [0.05, 0.1) is 11.4 Å². The minimum Gasteiger partial charge on any atom is -0.444 e. The summed E-state index contributed by atoms with van der Waals surface area (Å²) in [6, 6.07) is 17.8. The molecule has 2 heterocycles. The maximum atomic E-state index is 12.2. The van der Waals surface area contributed by atoms with Gasteiger partial charge in [0.2, 0.25) is 17.7 Å². The van der Waals surface area contributed by atoms with Crippen molar-refractivity contribution in [2.45, 2.75) is 31.7 Å². The van der Waals surface area contributed by atoms with Gasteiger partial charge in [-0.3, -0.25) is 9.59 Å². The highest BCUT2D eigenvalue weighted by Gasteiger charge is 2.19. The summed E-state index contributed by atoms with van der Waals surface area (Å²) in [6.45, 7) is 1.94. The van der Waals surface area contributed by atoms with Crippen molar-refractivity contribution in [1.82, 2.24) is 15.2 Å². The fourth-order valence-corrected chi connectivity index (χ4v) is 4.25. The molecule has 0 spiro atoms. The number of carbonyl (C=O) groups excluding carboxylic acids is 2. The molecule has 1 aromatic heterocycles. The van der Waals surface area contributed by atoms with Crippen LogP contribution in [-0.2, 0) is 28.4 Å². The van der Waals surface area contributed by atoms with Crippen LogP contribution in [-0.4, -0.2) is 34.0 Å². The van der Waals surface area contributed by atoms with Crippen molar-refractivity contribution < 1.29 is 14.0 Å². The van der Waals surface area contributed by atoms with Gasteiger partial charge >= 0.3 is 0 Å². The van der Waals surface area contributed by atoms with Gasteiger partial charge in [0.1, 0.15) is 6.26 Å². The smallest absolute Gasteiger partial charge is 0.230 e. The lowest BCUT2D eigenvalue weighted by atomic mass is 10.1. The van der Waals surface area contributed by atoms with Gasteiger partial charge < -0.3 is 14.6 Å². The van der Waals surface area contributed by atoms with Crippen molar-refractivity contribution >= 4 is 23.6 Å². The Morgan fingerprint density at radius 3 is 2.77 bits per heavy atom. The second kappa shape index (κ2) is 10.3. The number of nitrogens with one attached hydrogen (secondary N) is 1. The molecule has 0 unspecified atom stereocenters. The highest BCUT2D eigenvalue weighted by Crippen LogP contribution is 2.20. The lowest BCUT2D eigenvalue weighted by molar-refractivity contribution is -0.128. The molecule has 0 radical (unpaired) electrons. The van der Waals surface area contributed by atoms with E-state index in [1.165, 1.54) is 11.8 Å². The molecular formula is C24H25N3O3S. The molecule has 2 aromatic carbocycles. The summed E-state index contributed by atoms with van der Waals surface area (Å²) in [4.78, 5) is 30.4. The van der Waals surface area contributed by atoms with Crippen molar-refractivity contribution in [3.05, 3.63) is 77.7 Å². The van der Waals surface area contributed by atoms with E-state index in [2.05, 4.69) is 16.4 Å². The van der Waals surface area contributed by atoms with Crippen molar-refractivity contribution in [1.29, 1.82) is 0 Å². The van der Waals surface area contributed by atoms with Crippen molar-refractivity contribution in [2.75, 3.05) is 12.3 Å². The lowest BCUT2D eigenvalue weighted by Crippen LogP contribution is -2.25. The molecule has 2 amide bonds. The van der Waals surface area contributed by atoms with Gasteiger partial charge in [-0.2, -0.15) is 0 Å². The van der Waals surface area contributed by atoms with Gasteiger partial charge in [-0.05, 0) is 29.7 Å². The highest BCUT2D eigenvalue weighted by molar-refractivity contribution is 7.99. The lowest BCUT2D eigenvalue weighted by Gasteiger charge is -2.16. The first kappa shape index (κ1) is 21.2. The molecule has 0 saturated carbocycles. The first-order chi connectivity index (χ1) is 15.2. The van der Waals surface area contributed by atoms with Crippen LogP contribution in [0.4, 0.5) is 0 Å². The van der Waals surface area contributed by atoms with Crippen molar-refractivity contribution in [2.24, 2.45) is 0 Å². The highest BCUT2D eigenvalue weighted by atomic mass is 32.2. The van der Waals surface area contributed by atoms with E-state index >= 15 is 0 Å². The molecular weight excluding hydrogens is 410 g/mol. The van der Waals surface area contributed by atoms with Crippen LogP contribution < -0.4 is 5.32 Å². The minimum atomic E-state index is -0.0168. The number of aromatic nitrogens is 1. The van der Waals surface area contributed by atoms with Crippen LogP contribution in [0.15, 0.2) is 65.3 Å². The molecule has 7 heteroatoms.